The maximum absolute atomic E-state index is 12.1. The molecule has 0 radical (unpaired) electrons. The number of ketones is 1. The Kier molecular flexibility index (Phi) is 6.35. The molecule has 20 heavy (non-hydrogen) atoms. The first-order chi connectivity index (χ1) is 9.36. The number of carbonyl (C=O) groups excluding carboxylic acids is 2. The van der Waals surface area contributed by atoms with Crippen LogP contribution < -0.4 is 0 Å². The van der Waals surface area contributed by atoms with Gasteiger partial charge < -0.3 is 4.74 Å². The van der Waals surface area contributed by atoms with Crippen molar-refractivity contribution in [3.63, 3.8) is 0 Å². The Hall–Kier alpha value is -1.21. The lowest BCUT2D eigenvalue weighted by molar-refractivity contribution is -0.144. The van der Waals surface area contributed by atoms with Crippen LogP contribution in [-0.2, 0) is 24.2 Å². The minimum atomic E-state index is -3.70. The van der Waals surface area contributed by atoms with E-state index in [1.54, 1.807) is 25.1 Å². The standard InChI is InChI=1S/C13H15BrO5S/c1-2-19-13(16)8-7-10(15)9-20(17,18)12-6-4-3-5-11(12)14/h3-6H,2,7-9H2,1H3. The van der Waals surface area contributed by atoms with Gasteiger partial charge in [0.15, 0.2) is 9.84 Å². The lowest BCUT2D eigenvalue weighted by atomic mass is 10.2. The van der Waals surface area contributed by atoms with Gasteiger partial charge in [0.25, 0.3) is 0 Å². The number of carbonyl (C=O) groups is 2. The van der Waals surface area contributed by atoms with Gasteiger partial charge in [-0.1, -0.05) is 12.1 Å². The first kappa shape index (κ1) is 16.8. The Morgan fingerprint density at radius 2 is 1.85 bits per heavy atom. The molecule has 5 nitrogen and oxygen atoms in total. The molecule has 0 saturated heterocycles. The van der Waals surface area contributed by atoms with Crippen LogP contribution in [0.5, 0.6) is 0 Å². The summed E-state index contributed by atoms with van der Waals surface area (Å²) in [6, 6.07) is 6.29. The monoisotopic (exact) mass is 362 g/mol. The molecule has 1 aromatic rings. The van der Waals surface area contributed by atoms with Crippen LogP contribution >= 0.6 is 15.9 Å². The van der Waals surface area contributed by atoms with Crippen LogP contribution in [0.4, 0.5) is 0 Å². The van der Waals surface area contributed by atoms with Crippen LogP contribution in [-0.4, -0.2) is 32.5 Å². The molecule has 110 valence electrons. The Morgan fingerprint density at radius 3 is 2.45 bits per heavy atom. The molecule has 0 N–H and O–H groups in total. The number of sulfone groups is 1. The average Bonchev–Trinajstić information content (AvgIpc) is 2.36. The van der Waals surface area contributed by atoms with Gasteiger partial charge in [0.2, 0.25) is 0 Å². The third kappa shape index (κ3) is 5.05. The molecule has 7 heteroatoms. The Balaban J connectivity index is 2.66. The summed E-state index contributed by atoms with van der Waals surface area (Å²) in [5.41, 5.74) is 0. The first-order valence-corrected chi connectivity index (χ1v) is 8.46. The van der Waals surface area contributed by atoms with E-state index in [4.69, 9.17) is 0 Å². The van der Waals surface area contributed by atoms with Crippen LogP contribution in [0.3, 0.4) is 0 Å². The molecule has 0 atom stereocenters. The Bertz CT molecular complexity index is 595. The van der Waals surface area contributed by atoms with E-state index in [-0.39, 0.29) is 24.3 Å². The third-order valence-electron chi connectivity index (χ3n) is 2.44. The number of rotatable bonds is 7. The largest absolute Gasteiger partial charge is 0.466 e. The molecule has 0 heterocycles. The SMILES string of the molecule is CCOC(=O)CCC(=O)CS(=O)(=O)c1ccccc1Br. The summed E-state index contributed by atoms with van der Waals surface area (Å²) in [4.78, 5) is 22.8. The van der Waals surface area contributed by atoms with E-state index >= 15 is 0 Å². The van der Waals surface area contributed by atoms with Gasteiger partial charge in [-0.3, -0.25) is 9.59 Å². The minimum Gasteiger partial charge on any atom is -0.466 e. The molecule has 0 aromatic heterocycles. The second kappa shape index (κ2) is 7.54. The van der Waals surface area contributed by atoms with E-state index in [1.165, 1.54) is 6.07 Å². The Labute approximate surface area is 126 Å². The van der Waals surface area contributed by atoms with Crippen LogP contribution in [0, 0.1) is 0 Å². The van der Waals surface area contributed by atoms with Crippen molar-refractivity contribution in [2.75, 3.05) is 12.4 Å². The summed E-state index contributed by atoms with van der Waals surface area (Å²) in [5, 5.41) is 0. The fraction of sp³-hybridized carbons (Fsp3) is 0.385. The van der Waals surface area contributed by atoms with E-state index in [9.17, 15) is 18.0 Å². The van der Waals surface area contributed by atoms with Gasteiger partial charge in [-0.05, 0) is 35.0 Å². The van der Waals surface area contributed by atoms with Crippen molar-refractivity contribution < 1.29 is 22.7 Å². The molecular formula is C13H15BrO5S. The number of benzene rings is 1. The third-order valence-corrected chi connectivity index (χ3v) is 5.12. The van der Waals surface area contributed by atoms with Crippen molar-refractivity contribution in [2.45, 2.75) is 24.7 Å². The molecule has 0 spiro atoms. The summed E-state index contributed by atoms with van der Waals surface area (Å²) in [7, 11) is -3.70. The lowest BCUT2D eigenvalue weighted by Crippen LogP contribution is -2.18. The van der Waals surface area contributed by atoms with Gasteiger partial charge in [0.05, 0.1) is 17.9 Å². The normalized spacial score (nSPS) is 11.1. The van der Waals surface area contributed by atoms with Gasteiger partial charge in [-0.15, -0.1) is 0 Å². The highest BCUT2D eigenvalue weighted by Gasteiger charge is 2.21. The van der Waals surface area contributed by atoms with Crippen molar-refractivity contribution in [3.8, 4) is 0 Å². The van der Waals surface area contributed by atoms with Crippen molar-refractivity contribution >= 4 is 37.5 Å². The second-order valence-electron chi connectivity index (χ2n) is 4.03. The molecule has 1 rings (SSSR count). The predicted octanol–water partition coefficient (Wildman–Crippen LogP) is 2.14. The molecule has 0 aliphatic rings. The molecule has 0 fully saturated rings. The molecule has 1 aromatic carbocycles. The fourth-order valence-corrected chi connectivity index (χ4v) is 3.93. The highest BCUT2D eigenvalue weighted by atomic mass is 79.9. The number of ether oxygens (including phenoxy) is 1. The topological polar surface area (TPSA) is 77.5 Å². The average molecular weight is 363 g/mol. The molecular weight excluding hydrogens is 348 g/mol. The molecule has 0 aliphatic heterocycles. The van der Waals surface area contributed by atoms with Crippen molar-refractivity contribution in [1.82, 2.24) is 0 Å². The van der Waals surface area contributed by atoms with Crippen LogP contribution in [0.1, 0.15) is 19.8 Å². The number of halogens is 1. The van der Waals surface area contributed by atoms with E-state index in [0.717, 1.165) is 0 Å². The van der Waals surface area contributed by atoms with Crippen molar-refractivity contribution in [1.29, 1.82) is 0 Å². The van der Waals surface area contributed by atoms with E-state index in [1.807, 2.05) is 0 Å². The van der Waals surface area contributed by atoms with E-state index in [0.29, 0.717) is 4.47 Å². The number of esters is 1. The molecule has 0 aliphatic carbocycles. The summed E-state index contributed by atoms with van der Waals surface area (Å²) in [6.07, 6.45) is -0.235. The quantitative estimate of drug-likeness (QED) is 0.694. The highest BCUT2D eigenvalue weighted by molar-refractivity contribution is 9.10. The van der Waals surface area contributed by atoms with Gasteiger partial charge >= 0.3 is 5.97 Å². The maximum Gasteiger partial charge on any atom is 0.306 e. The molecule has 0 bridgehead atoms. The zero-order chi connectivity index (χ0) is 15.2. The van der Waals surface area contributed by atoms with E-state index < -0.39 is 27.3 Å². The lowest BCUT2D eigenvalue weighted by Gasteiger charge is -2.06. The van der Waals surface area contributed by atoms with Gasteiger partial charge in [-0.25, -0.2) is 8.42 Å². The smallest absolute Gasteiger partial charge is 0.306 e. The zero-order valence-corrected chi connectivity index (χ0v) is 13.4. The van der Waals surface area contributed by atoms with Crippen LogP contribution in [0.25, 0.3) is 0 Å². The minimum absolute atomic E-state index is 0.0736. The summed E-state index contributed by atoms with van der Waals surface area (Å²) < 4.78 is 29.2. The van der Waals surface area contributed by atoms with Crippen molar-refractivity contribution in [2.24, 2.45) is 0 Å². The maximum atomic E-state index is 12.1. The van der Waals surface area contributed by atoms with Crippen LogP contribution in [0.2, 0.25) is 0 Å². The summed E-state index contributed by atoms with van der Waals surface area (Å²) in [5.74, 6) is -1.62. The molecule has 0 unspecified atom stereocenters. The van der Waals surface area contributed by atoms with Gasteiger partial charge in [0, 0.05) is 10.9 Å². The predicted molar refractivity (Wildman–Crippen MR) is 77.1 cm³/mol. The van der Waals surface area contributed by atoms with Gasteiger partial charge in [-0.2, -0.15) is 0 Å². The number of hydrogen-bond donors (Lipinski definition) is 0. The fourth-order valence-electron chi connectivity index (χ4n) is 1.53. The Morgan fingerprint density at radius 1 is 1.20 bits per heavy atom. The number of hydrogen-bond acceptors (Lipinski definition) is 5. The zero-order valence-electron chi connectivity index (χ0n) is 11.0. The van der Waals surface area contributed by atoms with E-state index in [2.05, 4.69) is 20.7 Å². The van der Waals surface area contributed by atoms with Crippen molar-refractivity contribution in [3.05, 3.63) is 28.7 Å². The summed E-state index contributed by atoms with van der Waals surface area (Å²) >= 11 is 3.14. The van der Waals surface area contributed by atoms with Crippen LogP contribution in [0.15, 0.2) is 33.6 Å². The number of Topliss-reactive ketones (excluding diaryl/α,β-unsaturated/α-hetero) is 1. The molecule has 0 saturated carbocycles. The second-order valence-corrected chi connectivity index (χ2v) is 6.85. The highest BCUT2D eigenvalue weighted by Crippen LogP contribution is 2.22. The summed E-state index contributed by atoms with van der Waals surface area (Å²) in [6.45, 7) is 1.90. The molecule has 0 amide bonds. The first-order valence-electron chi connectivity index (χ1n) is 6.01. The van der Waals surface area contributed by atoms with Gasteiger partial charge in [0.1, 0.15) is 11.5 Å².